The molecule has 0 heterocycles. The average Bonchev–Trinajstić information content (AvgIpc) is 1.62. The van der Waals surface area contributed by atoms with Crippen LogP contribution < -0.4 is 0 Å². The summed E-state index contributed by atoms with van der Waals surface area (Å²) in [5.41, 5.74) is 0. The first kappa shape index (κ1) is 9.15. The highest BCUT2D eigenvalue weighted by atomic mass is 79.9. The fourth-order valence-corrected chi connectivity index (χ4v) is 2.00. The lowest BCUT2D eigenvalue weighted by Gasteiger charge is -2.08. The highest BCUT2D eigenvalue weighted by Crippen LogP contribution is 2.45. The Morgan fingerprint density at radius 1 is 1.88 bits per heavy atom. The van der Waals surface area contributed by atoms with Gasteiger partial charge >= 0.3 is 0 Å². The average molecular weight is 266 g/mol. The molecular formula is C3H7Br2O2P. The Hall–Kier alpha value is 1.15. The summed E-state index contributed by atoms with van der Waals surface area (Å²) < 4.78 is 10.3. The molecule has 0 radical (unpaired) electrons. The number of halogens is 2. The maximum absolute atomic E-state index is 10.6. The fourth-order valence-electron chi connectivity index (χ4n) is 0.128. The van der Waals surface area contributed by atoms with E-state index in [2.05, 4.69) is 31.9 Å². The Kier molecular flexibility index (Phi) is 3.83. The van der Waals surface area contributed by atoms with E-state index in [1.807, 2.05) is 0 Å². The van der Waals surface area contributed by atoms with Gasteiger partial charge in [-0.05, 0) is 0 Å². The SMILES string of the molecule is CP(=O)(O)C(Br)CBr. The molecule has 0 aromatic carbocycles. The Labute approximate surface area is 65.4 Å². The molecule has 0 saturated carbocycles. The Balaban J connectivity index is 3.82. The van der Waals surface area contributed by atoms with Crippen molar-refractivity contribution in [2.45, 2.75) is 4.57 Å². The lowest BCUT2D eigenvalue weighted by molar-refractivity contribution is 0.485. The lowest BCUT2D eigenvalue weighted by Crippen LogP contribution is -1.97. The van der Waals surface area contributed by atoms with Crippen LogP contribution in [0.3, 0.4) is 0 Å². The van der Waals surface area contributed by atoms with Crippen molar-refractivity contribution < 1.29 is 9.46 Å². The van der Waals surface area contributed by atoms with Gasteiger partial charge in [0, 0.05) is 12.0 Å². The maximum atomic E-state index is 10.6. The summed E-state index contributed by atoms with van der Waals surface area (Å²) >= 11 is 6.11. The lowest BCUT2D eigenvalue weighted by atomic mass is 11.0. The Bertz CT molecular complexity index is 110. The monoisotopic (exact) mass is 264 g/mol. The second kappa shape index (κ2) is 3.35. The van der Waals surface area contributed by atoms with Gasteiger partial charge in [-0.1, -0.05) is 31.9 Å². The topological polar surface area (TPSA) is 37.3 Å². The van der Waals surface area contributed by atoms with Gasteiger partial charge < -0.3 is 4.89 Å². The molecule has 5 heteroatoms. The van der Waals surface area contributed by atoms with E-state index in [9.17, 15) is 4.57 Å². The largest absolute Gasteiger partial charge is 0.344 e. The molecule has 0 bridgehead atoms. The van der Waals surface area contributed by atoms with E-state index in [1.165, 1.54) is 6.66 Å². The van der Waals surface area contributed by atoms with Crippen LogP contribution in [-0.2, 0) is 4.57 Å². The molecule has 2 atom stereocenters. The molecule has 8 heavy (non-hydrogen) atoms. The number of hydrogen-bond donors (Lipinski definition) is 1. The molecular weight excluding hydrogens is 259 g/mol. The van der Waals surface area contributed by atoms with Gasteiger partial charge in [0.25, 0.3) is 0 Å². The molecule has 0 fully saturated rings. The Morgan fingerprint density at radius 2 is 2.25 bits per heavy atom. The van der Waals surface area contributed by atoms with Crippen molar-refractivity contribution in [3.8, 4) is 0 Å². The van der Waals surface area contributed by atoms with Crippen molar-refractivity contribution in [1.82, 2.24) is 0 Å². The molecule has 0 spiro atoms. The van der Waals surface area contributed by atoms with Gasteiger partial charge in [-0.2, -0.15) is 0 Å². The summed E-state index contributed by atoms with van der Waals surface area (Å²) in [4.78, 5) is 8.76. The maximum Gasteiger partial charge on any atom is 0.211 e. The van der Waals surface area contributed by atoms with Crippen LogP contribution in [0.15, 0.2) is 0 Å². The van der Waals surface area contributed by atoms with E-state index in [4.69, 9.17) is 4.89 Å². The van der Waals surface area contributed by atoms with Crippen LogP contribution in [0.5, 0.6) is 0 Å². The van der Waals surface area contributed by atoms with Gasteiger partial charge in [0.2, 0.25) is 7.37 Å². The van der Waals surface area contributed by atoms with Gasteiger partial charge in [0.05, 0.1) is 0 Å². The number of rotatable bonds is 2. The molecule has 0 aliphatic heterocycles. The van der Waals surface area contributed by atoms with E-state index in [1.54, 1.807) is 0 Å². The smallest absolute Gasteiger partial charge is 0.211 e. The van der Waals surface area contributed by atoms with E-state index in [0.29, 0.717) is 5.33 Å². The van der Waals surface area contributed by atoms with Gasteiger partial charge in [0.15, 0.2) is 0 Å². The molecule has 0 aromatic heterocycles. The molecule has 2 unspecified atom stereocenters. The van der Waals surface area contributed by atoms with Crippen LogP contribution in [0.1, 0.15) is 0 Å². The zero-order valence-electron chi connectivity index (χ0n) is 4.34. The van der Waals surface area contributed by atoms with Crippen molar-refractivity contribution >= 4 is 39.2 Å². The predicted molar refractivity (Wildman–Crippen MR) is 42.3 cm³/mol. The third-order valence-corrected chi connectivity index (χ3v) is 6.49. The van der Waals surface area contributed by atoms with E-state index in [0.717, 1.165) is 0 Å². The molecule has 50 valence electrons. The molecule has 0 saturated heterocycles. The van der Waals surface area contributed by atoms with Gasteiger partial charge in [-0.15, -0.1) is 0 Å². The van der Waals surface area contributed by atoms with Crippen LogP contribution in [-0.4, -0.2) is 21.5 Å². The summed E-state index contributed by atoms with van der Waals surface area (Å²) in [6.07, 6.45) is 0. The quantitative estimate of drug-likeness (QED) is 0.613. The van der Waals surface area contributed by atoms with Crippen molar-refractivity contribution in [3.63, 3.8) is 0 Å². The third-order valence-electron chi connectivity index (χ3n) is 0.647. The van der Waals surface area contributed by atoms with Crippen LogP contribution in [0.2, 0.25) is 0 Å². The highest BCUT2D eigenvalue weighted by molar-refractivity contribution is 9.13. The number of alkyl halides is 2. The first-order valence-electron chi connectivity index (χ1n) is 1.98. The second-order valence-corrected chi connectivity index (χ2v) is 6.50. The molecule has 0 aromatic rings. The first-order valence-corrected chi connectivity index (χ1v) is 6.19. The normalized spacial score (nSPS) is 22.0. The first-order chi connectivity index (χ1) is 3.48. The zero-order chi connectivity index (χ0) is 6.78. The van der Waals surface area contributed by atoms with E-state index >= 15 is 0 Å². The van der Waals surface area contributed by atoms with Gasteiger partial charge in [-0.3, -0.25) is 4.57 Å². The zero-order valence-corrected chi connectivity index (χ0v) is 8.41. The minimum Gasteiger partial charge on any atom is -0.344 e. The molecule has 1 N–H and O–H groups in total. The molecule has 0 amide bonds. The number of hydrogen-bond acceptors (Lipinski definition) is 1. The molecule has 0 aliphatic carbocycles. The van der Waals surface area contributed by atoms with Crippen molar-refractivity contribution in [2.75, 3.05) is 12.0 Å². The van der Waals surface area contributed by atoms with Crippen molar-refractivity contribution in [1.29, 1.82) is 0 Å². The Morgan fingerprint density at radius 3 is 2.25 bits per heavy atom. The predicted octanol–water partition coefficient (Wildman–Crippen LogP) is 2.00. The molecule has 0 aliphatic rings. The van der Waals surface area contributed by atoms with Gasteiger partial charge in [-0.25, -0.2) is 0 Å². The summed E-state index contributed by atoms with van der Waals surface area (Å²) in [6.45, 7) is 1.33. The van der Waals surface area contributed by atoms with Crippen molar-refractivity contribution in [2.24, 2.45) is 0 Å². The summed E-state index contributed by atoms with van der Waals surface area (Å²) in [5.74, 6) is 0. The van der Waals surface area contributed by atoms with Crippen LogP contribution in [0, 0.1) is 0 Å². The standard InChI is InChI=1S/C3H7Br2O2P/c1-8(6,7)3(5)2-4/h3H,2H2,1H3,(H,6,7). The summed E-state index contributed by atoms with van der Waals surface area (Å²) in [5, 5.41) is 0.511. The van der Waals surface area contributed by atoms with Crippen LogP contribution >= 0.6 is 39.2 Å². The van der Waals surface area contributed by atoms with Gasteiger partial charge in [0.1, 0.15) is 4.57 Å². The fraction of sp³-hybridized carbons (Fsp3) is 1.00. The van der Waals surface area contributed by atoms with Crippen LogP contribution in [0.4, 0.5) is 0 Å². The summed E-state index contributed by atoms with van der Waals surface area (Å²) in [6, 6.07) is 0. The van der Waals surface area contributed by atoms with E-state index < -0.39 is 7.37 Å². The molecule has 0 rings (SSSR count). The minimum atomic E-state index is -2.89. The van der Waals surface area contributed by atoms with E-state index in [-0.39, 0.29) is 4.57 Å². The minimum absolute atomic E-state index is 0.310. The third kappa shape index (κ3) is 3.23. The van der Waals surface area contributed by atoms with Crippen molar-refractivity contribution in [3.05, 3.63) is 0 Å². The van der Waals surface area contributed by atoms with Crippen LogP contribution in [0.25, 0.3) is 0 Å². The summed E-state index contributed by atoms with van der Waals surface area (Å²) in [7, 11) is -2.89. The molecule has 2 nitrogen and oxygen atoms in total. The highest BCUT2D eigenvalue weighted by Gasteiger charge is 2.20. The second-order valence-electron chi connectivity index (χ2n) is 1.53.